The summed E-state index contributed by atoms with van der Waals surface area (Å²) >= 11 is 6.55. The highest BCUT2D eigenvalue weighted by atomic mass is 35.5. The molecule has 1 fully saturated rings. The van der Waals surface area contributed by atoms with Crippen LogP contribution in [-0.2, 0) is 14.4 Å². The number of rotatable bonds is 6. The topological polar surface area (TPSA) is 104 Å². The first-order chi connectivity index (χ1) is 10.9. The van der Waals surface area contributed by atoms with Crippen molar-refractivity contribution in [2.45, 2.75) is 18.1 Å². The molecular weight excluding hydrogens is 344 g/mol. The molecule has 1 aromatic carbocycles. The van der Waals surface area contributed by atoms with Crippen molar-refractivity contribution in [3.05, 3.63) is 29.3 Å². The molecule has 0 bridgehead atoms. The highest BCUT2D eigenvalue weighted by molar-refractivity contribution is 8.15. The number of aliphatic carboxylic acids is 1. The number of carboxylic acid groups (broad SMARTS) is 1. The molecule has 0 spiro atoms. The van der Waals surface area contributed by atoms with Gasteiger partial charge in [0.2, 0.25) is 11.8 Å². The molecule has 1 unspecified atom stereocenters. The van der Waals surface area contributed by atoms with Gasteiger partial charge in [0.15, 0.2) is 0 Å². The molecule has 2 N–H and O–H groups in total. The minimum atomic E-state index is -1.03. The number of hydrogen-bond acceptors (Lipinski definition) is 5. The van der Waals surface area contributed by atoms with Crippen molar-refractivity contribution in [2.24, 2.45) is 0 Å². The Hall–Kier alpha value is -2.06. The molecule has 1 saturated heterocycles. The Labute approximate surface area is 141 Å². The summed E-state index contributed by atoms with van der Waals surface area (Å²) in [6.07, 6.45) is -0.383. The van der Waals surface area contributed by atoms with Crippen molar-refractivity contribution in [2.75, 3.05) is 11.4 Å². The average Bonchev–Trinajstić information content (AvgIpc) is 2.74. The summed E-state index contributed by atoms with van der Waals surface area (Å²) in [5.41, 5.74) is 0.394. The van der Waals surface area contributed by atoms with Crippen LogP contribution in [0, 0.1) is 0 Å². The van der Waals surface area contributed by atoms with Gasteiger partial charge < -0.3 is 10.4 Å². The predicted molar refractivity (Wildman–Crippen MR) is 85.6 cm³/mol. The van der Waals surface area contributed by atoms with Crippen molar-refractivity contribution in [1.29, 1.82) is 0 Å². The Bertz CT molecular complexity index is 649. The first kappa shape index (κ1) is 17.3. The zero-order valence-electron chi connectivity index (χ0n) is 11.8. The number of benzene rings is 1. The van der Waals surface area contributed by atoms with Gasteiger partial charge >= 0.3 is 5.97 Å². The molecule has 7 nitrogen and oxygen atoms in total. The second kappa shape index (κ2) is 7.47. The molecule has 122 valence electrons. The lowest BCUT2D eigenvalue weighted by Gasteiger charge is -2.13. The first-order valence-electron chi connectivity index (χ1n) is 6.67. The summed E-state index contributed by atoms with van der Waals surface area (Å²) in [6.45, 7) is -0.0193. The van der Waals surface area contributed by atoms with Crippen molar-refractivity contribution >= 4 is 52.1 Å². The van der Waals surface area contributed by atoms with Gasteiger partial charge in [-0.3, -0.25) is 19.2 Å². The van der Waals surface area contributed by atoms with Crippen LogP contribution < -0.4 is 10.2 Å². The normalized spacial score (nSPS) is 17.4. The van der Waals surface area contributed by atoms with E-state index in [1.807, 2.05) is 0 Å². The number of nitrogens with one attached hydrogen (secondary N) is 1. The molecule has 2 rings (SSSR count). The van der Waals surface area contributed by atoms with Crippen LogP contribution in [0.1, 0.15) is 12.8 Å². The van der Waals surface area contributed by atoms with Gasteiger partial charge in [0.05, 0.1) is 12.1 Å². The number of carboxylic acids is 1. The molecule has 0 radical (unpaired) electrons. The van der Waals surface area contributed by atoms with E-state index >= 15 is 0 Å². The molecule has 1 aromatic rings. The lowest BCUT2D eigenvalue weighted by molar-refractivity contribution is -0.137. The highest BCUT2D eigenvalue weighted by Gasteiger charge is 2.41. The number of amides is 3. The van der Waals surface area contributed by atoms with Gasteiger partial charge in [-0.25, -0.2) is 4.90 Å². The lowest BCUT2D eigenvalue weighted by Crippen LogP contribution is -2.34. The molecule has 1 aliphatic rings. The molecule has 0 aromatic heterocycles. The lowest BCUT2D eigenvalue weighted by atomic mass is 10.2. The van der Waals surface area contributed by atoms with Gasteiger partial charge in [0.1, 0.15) is 5.25 Å². The highest BCUT2D eigenvalue weighted by Crippen LogP contribution is 2.33. The summed E-state index contributed by atoms with van der Waals surface area (Å²) in [6, 6.07) is 6.23. The van der Waals surface area contributed by atoms with E-state index in [0.717, 1.165) is 16.7 Å². The van der Waals surface area contributed by atoms with Crippen molar-refractivity contribution in [3.63, 3.8) is 0 Å². The number of nitrogens with zero attached hydrogens (tertiary/aromatic N) is 1. The predicted octanol–water partition coefficient (Wildman–Crippen LogP) is 1.89. The molecule has 9 heteroatoms. The second-order valence-corrected chi connectivity index (χ2v) is 6.31. The van der Waals surface area contributed by atoms with Crippen LogP contribution in [0.2, 0.25) is 5.02 Å². The zero-order chi connectivity index (χ0) is 17.0. The molecule has 3 amide bonds. The van der Waals surface area contributed by atoms with Crippen LogP contribution in [0.4, 0.5) is 10.5 Å². The van der Waals surface area contributed by atoms with E-state index in [9.17, 15) is 19.2 Å². The van der Waals surface area contributed by atoms with E-state index in [1.165, 1.54) is 0 Å². The Morgan fingerprint density at radius 3 is 2.52 bits per heavy atom. The summed E-state index contributed by atoms with van der Waals surface area (Å²) in [4.78, 5) is 47.4. The number of imide groups is 1. The summed E-state index contributed by atoms with van der Waals surface area (Å²) in [5, 5.41) is 10.1. The van der Waals surface area contributed by atoms with Gasteiger partial charge in [-0.2, -0.15) is 0 Å². The van der Waals surface area contributed by atoms with Gasteiger partial charge in [-0.05, 0) is 36.0 Å². The van der Waals surface area contributed by atoms with Crippen molar-refractivity contribution < 1.29 is 24.3 Å². The fourth-order valence-corrected chi connectivity index (χ4v) is 3.07. The smallest absolute Gasteiger partial charge is 0.305 e. The largest absolute Gasteiger partial charge is 0.481 e. The number of halogens is 1. The van der Waals surface area contributed by atoms with E-state index in [4.69, 9.17) is 16.7 Å². The number of carbonyl (C=O) groups excluding carboxylic acids is 3. The third-order valence-corrected chi connectivity index (χ3v) is 4.33. The zero-order valence-corrected chi connectivity index (χ0v) is 13.4. The molecule has 23 heavy (non-hydrogen) atoms. The average molecular weight is 357 g/mol. The Balaban J connectivity index is 1.97. The van der Waals surface area contributed by atoms with E-state index in [-0.39, 0.29) is 19.4 Å². The monoisotopic (exact) mass is 356 g/mol. The maximum Gasteiger partial charge on any atom is 0.305 e. The molecular formula is C14H13ClN2O5S. The third kappa shape index (κ3) is 4.46. The van der Waals surface area contributed by atoms with E-state index in [1.54, 1.807) is 24.3 Å². The van der Waals surface area contributed by atoms with Gasteiger partial charge in [0, 0.05) is 18.0 Å². The number of thioether (sulfide) groups is 1. The number of hydrogen-bond donors (Lipinski definition) is 2. The van der Waals surface area contributed by atoms with Crippen LogP contribution in [0.15, 0.2) is 24.3 Å². The standard InChI is InChI=1S/C14H13ClN2O5S/c15-8-1-3-9(4-2-8)17-13(21)10(23-14(17)22)7-11(18)16-6-5-12(19)20/h1-4,10H,5-7H2,(H,16,18)(H,19,20). The minimum absolute atomic E-state index is 0.0193. The SMILES string of the molecule is O=C(O)CCNC(=O)CC1SC(=O)N(c2ccc(Cl)cc2)C1=O. The van der Waals surface area contributed by atoms with Crippen LogP contribution >= 0.6 is 23.4 Å². The number of carbonyl (C=O) groups is 4. The van der Waals surface area contributed by atoms with Gasteiger partial charge in [-0.1, -0.05) is 11.6 Å². The maximum atomic E-state index is 12.3. The molecule has 1 aliphatic heterocycles. The molecule has 0 saturated carbocycles. The van der Waals surface area contributed by atoms with E-state index in [0.29, 0.717) is 10.7 Å². The van der Waals surface area contributed by atoms with Gasteiger partial charge in [0.25, 0.3) is 5.24 Å². The fraction of sp³-hybridized carbons (Fsp3) is 0.286. The van der Waals surface area contributed by atoms with E-state index in [2.05, 4.69) is 5.32 Å². The Kier molecular flexibility index (Phi) is 5.62. The molecule has 1 heterocycles. The molecule has 1 atom stereocenters. The first-order valence-corrected chi connectivity index (χ1v) is 7.93. The quantitative estimate of drug-likeness (QED) is 0.806. The van der Waals surface area contributed by atoms with E-state index < -0.39 is 28.3 Å². The number of anilines is 1. The van der Waals surface area contributed by atoms with Crippen LogP contribution in [0.3, 0.4) is 0 Å². The Morgan fingerprint density at radius 1 is 1.26 bits per heavy atom. The minimum Gasteiger partial charge on any atom is -0.481 e. The second-order valence-electron chi connectivity index (χ2n) is 4.72. The summed E-state index contributed by atoms with van der Waals surface area (Å²) in [7, 11) is 0. The fourth-order valence-electron chi connectivity index (χ4n) is 1.96. The summed E-state index contributed by atoms with van der Waals surface area (Å²) < 4.78 is 0. The third-order valence-electron chi connectivity index (χ3n) is 3.04. The maximum absolute atomic E-state index is 12.3. The van der Waals surface area contributed by atoms with Crippen molar-refractivity contribution in [1.82, 2.24) is 5.32 Å². The van der Waals surface area contributed by atoms with Crippen LogP contribution in [0.25, 0.3) is 0 Å². The van der Waals surface area contributed by atoms with Gasteiger partial charge in [-0.15, -0.1) is 0 Å². The summed E-state index contributed by atoms with van der Waals surface area (Å²) in [5.74, 6) is -1.97. The van der Waals surface area contributed by atoms with Crippen LogP contribution in [-0.4, -0.2) is 39.9 Å². The molecule has 0 aliphatic carbocycles. The Morgan fingerprint density at radius 2 is 1.91 bits per heavy atom. The van der Waals surface area contributed by atoms with Crippen molar-refractivity contribution in [3.8, 4) is 0 Å². The van der Waals surface area contributed by atoms with Crippen LogP contribution in [0.5, 0.6) is 0 Å².